The van der Waals surface area contributed by atoms with Crippen molar-refractivity contribution in [3.05, 3.63) is 29.8 Å². The molecule has 1 atom stereocenters. The molecule has 1 aliphatic rings. The first-order valence-electron chi connectivity index (χ1n) is 8.46. The number of piperidine rings is 1. The third-order valence-electron chi connectivity index (χ3n) is 4.00. The lowest BCUT2D eigenvalue weighted by Gasteiger charge is -2.32. The van der Waals surface area contributed by atoms with E-state index in [-0.39, 0.29) is 12.1 Å². The van der Waals surface area contributed by atoms with Crippen LogP contribution in [-0.4, -0.2) is 49.4 Å². The van der Waals surface area contributed by atoms with Gasteiger partial charge in [-0.3, -0.25) is 0 Å². The van der Waals surface area contributed by atoms with Crippen molar-refractivity contribution in [2.24, 2.45) is 0 Å². The fourth-order valence-corrected chi connectivity index (χ4v) is 2.77. The van der Waals surface area contributed by atoms with Crippen molar-refractivity contribution in [3.63, 3.8) is 0 Å². The van der Waals surface area contributed by atoms with Crippen LogP contribution in [0.2, 0.25) is 0 Å². The van der Waals surface area contributed by atoms with E-state index in [0.29, 0.717) is 12.6 Å². The summed E-state index contributed by atoms with van der Waals surface area (Å²) in [5, 5.41) is 2.96. The molecule has 1 heterocycles. The van der Waals surface area contributed by atoms with E-state index in [0.717, 1.165) is 43.9 Å². The summed E-state index contributed by atoms with van der Waals surface area (Å²) in [6, 6.07) is 7.92. The number of ether oxygens (including phenoxy) is 2. The maximum atomic E-state index is 12.2. The SMILES string of the molecule is CCOC1CCN(C(=O)NCC(C)Oc2cccc(C)c2)CC1. The quantitative estimate of drug-likeness (QED) is 0.877. The van der Waals surface area contributed by atoms with Crippen molar-refractivity contribution in [2.45, 2.75) is 45.8 Å². The number of nitrogens with zero attached hydrogens (tertiary/aromatic N) is 1. The fraction of sp³-hybridized carbons (Fsp3) is 0.611. The summed E-state index contributed by atoms with van der Waals surface area (Å²) >= 11 is 0. The summed E-state index contributed by atoms with van der Waals surface area (Å²) in [5.74, 6) is 0.837. The van der Waals surface area contributed by atoms with Gasteiger partial charge in [-0.15, -0.1) is 0 Å². The van der Waals surface area contributed by atoms with Crippen LogP contribution >= 0.6 is 0 Å². The van der Waals surface area contributed by atoms with E-state index >= 15 is 0 Å². The van der Waals surface area contributed by atoms with Crippen molar-refractivity contribution in [3.8, 4) is 5.75 Å². The molecule has 128 valence electrons. The Labute approximate surface area is 139 Å². The molecular formula is C18H28N2O3. The Morgan fingerprint density at radius 3 is 2.78 bits per heavy atom. The minimum Gasteiger partial charge on any atom is -0.489 e. The lowest BCUT2D eigenvalue weighted by atomic mass is 10.1. The zero-order valence-electron chi connectivity index (χ0n) is 14.4. The second kappa shape index (κ2) is 8.77. The number of carbonyl (C=O) groups is 1. The molecule has 1 unspecified atom stereocenters. The van der Waals surface area contributed by atoms with Gasteiger partial charge >= 0.3 is 6.03 Å². The predicted molar refractivity (Wildman–Crippen MR) is 90.9 cm³/mol. The number of hydrogen-bond acceptors (Lipinski definition) is 3. The topological polar surface area (TPSA) is 50.8 Å². The molecule has 2 rings (SSSR count). The molecule has 1 aromatic rings. The molecule has 0 radical (unpaired) electrons. The van der Waals surface area contributed by atoms with Crippen LogP contribution in [0.1, 0.15) is 32.3 Å². The molecule has 1 saturated heterocycles. The summed E-state index contributed by atoms with van der Waals surface area (Å²) in [4.78, 5) is 14.0. The zero-order valence-corrected chi connectivity index (χ0v) is 14.4. The van der Waals surface area contributed by atoms with Gasteiger partial charge in [-0.1, -0.05) is 12.1 Å². The highest BCUT2D eigenvalue weighted by Gasteiger charge is 2.23. The van der Waals surface area contributed by atoms with Gasteiger partial charge in [0, 0.05) is 19.7 Å². The Morgan fingerprint density at radius 1 is 1.39 bits per heavy atom. The highest BCUT2D eigenvalue weighted by molar-refractivity contribution is 5.74. The molecule has 1 fully saturated rings. The Bertz CT molecular complexity index is 499. The molecule has 23 heavy (non-hydrogen) atoms. The molecule has 5 nitrogen and oxygen atoms in total. The maximum Gasteiger partial charge on any atom is 0.317 e. The molecule has 0 aliphatic carbocycles. The Balaban J connectivity index is 1.70. The van der Waals surface area contributed by atoms with Gasteiger partial charge in [0.25, 0.3) is 0 Å². The van der Waals surface area contributed by atoms with Gasteiger partial charge in [0.1, 0.15) is 11.9 Å². The van der Waals surface area contributed by atoms with E-state index in [1.807, 2.05) is 49.9 Å². The third-order valence-corrected chi connectivity index (χ3v) is 4.00. The molecule has 5 heteroatoms. The van der Waals surface area contributed by atoms with Gasteiger partial charge in [-0.05, 0) is 51.3 Å². The van der Waals surface area contributed by atoms with Gasteiger partial charge in [0.2, 0.25) is 0 Å². The largest absolute Gasteiger partial charge is 0.489 e. The molecule has 0 bridgehead atoms. The van der Waals surface area contributed by atoms with Crippen LogP contribution in [0.25, 0.3) is 0 Å². The number of likely N-dealkylation sites (tertiary alicyclic amines) is 1. The van der Waals surface area contributed by atoms with Crippen molar-refractivity contribution in [1.82, 2.24) is 10.2 Å². The van der Waals surface area contributed by atoms with Crippen molar-refractivity contribution in [2.75, 3.05) is 26.2 Å². The number of urea groups is 1. The van der Waals surface area contributed by atoms with E-state index in [9.17, 15) is 4.79 Å². The predicted octanol–water partition coefficient (Wildman–Crippen LogP) is 2.97. The van der Waals surface area contributed by atoms with Gasteiger partial charge in [0.05, 0.1) is 12.6 Å². The van der Waals surface area contributed by atoms with E-state index < -0.39 is 0 Å². The molecule has 1 aliphatic heterocycles. The fourth-order valence-electron chi connectivity index (χ4n) is 2.77. The maximum absolute atomic E-state index is 12.2. The normalized spacial score (nSPS) is 16.9. The lowest BCUT2D eigenvalue weighted by molar-refractivity contribution is 0.0218. The minimum absolute atomic E-state index is 0.0142. The van der Waals surface area contributed by atoms with E-state index in [1.165, 1.54) is 0 Å². The van der Waals surface area contributed by atoms with Crippen molar-refractivity contribution < 1.29 is 14.3 Å². The highest BCUT2D eigenvalue weighted by atomic mass is 16.5. The Morgan fingerprint density at radius 2 is 2.13 bits per heavy atom. The number of rotatable bonds is 6. The second-order valence-corrected chi connectivity index (χ2v) is 6.07. The van der Waals surface area contributed by atoms with Crippen LogP contribution in [0.5, 0.6) is 5.75 Å². The first kappa shape index (κ1) is 17.6. The molecule has 1 N–H and O–H groups in total. The molecule has 1 aromatic carbocycles. The first-order chi connectivity index (χ1) is 11.1. The van der Waals surface area contributed by atoms with E-state index in [4.69, 9.17) is 9.47 Å². The molecule has 0 saturated carbocycles. The first-order valence-corrected chi connectivity index (χ1v) is 8.46. The lowest BCUT2D eigenvalue weighted by Crippen LogP contribution is -2.47. The van der Waals surface area contributed by atoms with Crippen LogP contribution in [0.15, 0.2) is 24.3 Å². The average Bonchev–Trinajstić information content (AvgIpc) is 2.54. The third kappa shape index (κ3) is 5.75. The summed E-state index contributed by atoms with van der Waals surface area (Å²) in [7, 11) is 0. The molecule has 0 spiro atoms. The van der Waals surface area contributed by atoms with E-state index in [2.05, 4.69) is 5.32 Å². The van der Waals surface area contributed by atoms with Crippen LogP contribution in [0, 0.1) is 6.92 Å². The Hall–Kier alpha value is -1.75. The number of nitrogens with one attached hydrogen (secondary N) is 1. The number of hydrogen-bond donors (Lipinski definition) is 1. The second-order valence-electron chi connectivity index (χ2n) is 6.07. The van der Waals surface area contributed by atoms with E-state index in [1.54, 1.807) is 0 Å². The highest BCUT2D eigenvalue weighted by Crippen LogP contribution is 2.15. The standard InChI is InChI=1S/C18H28N2O3/c1-4-22-16-8-10-20(11-9-16)18(21)19-13-15(3)23-17-7-5-6-14(2)12-17/h5-7,12,15-16H,4,8-11,13H2,1-3H3,(H,19,21). The summed E-state index contributed by atoms with van der Waals surface area (Å²) in [6.07, 6.45) is 2.06. The average molecular weight is 320 g/mol. The smallest absolute Gasteiger partial charge is 0.317 e. The van der Waals surface area contributed by atoms with Crippen LogP contribution in [0.3, 0.4) is 0 Å². The minimum atomic E-state index is -0.0679. The van der Waals surface area contributed by atoms with Gasteiger partial charge in [-0.25, -0.2) is 4.79 Å². The van der Waals surface area contributed by atoms with Crippen LogP contribution < -0.4 is 10.1 Å². The van der Waals surface area contributed by atoms with Crippen molar-refractivity contribution in [1.29, 1.82) is 0 Å². The van der Waals surface area contributed by atoms with Crippen LogP contribution in [0.4, 0.5) is 4.79 Å². The molecule has 2 amide bonds. The van der Waals surface area contributed by atoms with Gasteiger partial charge in [-0.2, -0.15) is 0 Å². The molecule has 0 aromatic heterocycles. The van der Waals surface area contributed by atoms with Gasteiger partial charge in [0.15, 0.2) is 0 Å². The number of carbonyl (C=O) groups excluding carboxylic acids is 1. The molecular weight excluding hydrogens is 292 g/mol. The van der Waals surface area contributed by atoms with Crippen LogP contribution in [-0.2, 0) is 4.74 Å². The number of benzene rings is 1. The monoisotopic (exact) mass is 320 g/mol. The zero-order chi connectivity index (χ0) is 16.7. The number of aryl methyl sites for hydroxylation is 1. The van der Waals surface area contributed by atoms with Gasteiger partial charge < -0.3 is 19.7 Å². The van der Waals surface area contributed by atoms with Crippen molar-refractivity contribution >= 4 is 6.03 Å². The summed E-state index contributed by atoms with van der Waals surface area (Å²) < 4.78 is 11.4. The summed E-state index contributed by atoms with van der Waals surface area (Å²) in [5.41, 5.74) is 1.16. The summed E-state index contributed by atoms with van der Waals surface area (Å²) in [6.45, 7) is 8.75. The number of amides is 2. The Kier molecular flexibility index (Phi) is 6.71.